The molecular formula is C26H18N2. The van der Waals surface area contributed by atoms with Gasteiger partial charge in [-0.1, -0.05) is 66.7 Å². The number of hydrogen-bond acceptors (Lipinski definition) is 0. The van der Waals surface area contributed by atoms with Crippen LogP contribution in [0.3, 0.4) is 0 Å². The molecule has 2 heteroatoms. The molecule has 0 saturated heterocycles. The van der Waals surface area contributed by atoms with Gasteiger partial charge in [0.1, 0.15) is 0 Å². The van der Waals surface area contributed by atoms with Crippen LogP contribution < -0.4 is 0 Å². The number of aromatic nitrogens is 2. The largest absolute Gasteiger partial charge is 0.361 e. The molecule has 4 aromatic carbocycles. The van der Waals surface area contributed by atoms with Crippen molar-refractivity contribution in [2.24, 2.45) is 0 Å². The van der Waals surface area contributed by atoms with Crippen LogP contribution in [0, 0.1) is 0 Å². The Morgan fingerprint density at radius 1 is 0.643 bits per heavy atom. The maximum Gasteiger partial charge on any atom is 0.0554 e. The van der Waals surface area contributed by atoms with Crippen LogP contribution >= 0.6 is 0 Å². The Kier molecular flexibility index (Phi) is 3.20. The van der Waals surface area contributed by atoms with Gasteiger partial charge in [-0.2, -0.15) is 0 Å². The van der Waals surface area contributed by atoms with Gasteiger partial charge in [-0.05, 0) is 35.9 Å². The Balaban J connectivity index is 1.89. The van der Waals surface area contributed by atoms with Crippen LogP contribution in [0.25, 0.3) is 49.5 Å². The Hall–Kier alpha value is -3.78. The molecule has 0 amide bonds. The van der Waals surface area contributed by atoms with Gasteiger partial charge in [0.15, 0.2) is 0 Å². The molecule has 0 atom stereocenters. The first-order chi connectivity index (χ1) is 13.9. The van der Waals surface area contributed by atoms with Crippen LogP contribution in [0.5, 0.6) is 0 Å². The predicted octanol–water partition coefficient (Wildman–Crippen LogP) is 6.93. The molecule has 0 fully saturated rings. The lowest BCUT2D eigenvalue weighted by Crippen LogP contribution is -1.93. The lowest BCUT2D eigenvalue weighted by Gasteiger charge is -2.10. The van der Waals surface area contributed by atoms with Crippen LogP contribution in [0.4, 0.5) is 0 Å². The predicted molar refractivity (Wildman–Crippen MR) is 118 cm³/mol. The van der Waals surface area contributed by atoms with Gasteiger partial charge in [0, 0.05) is 33.6 Å². The summed E-state index contributed by atoms with van der Waals surface area (Å²) in [6, 6.07) is 34.5. The minimum absolute atomic E-state index is 1.18. The van der Waals surface area contributed by atoms with Gasteiger partial charge in [0.2, 0.25) is 0 Å². The van der Waals surface area contributed by atoms with Crippen molar-refractivity contribution < 1.29 is 0 Å². The highest BCUT2D eigenvalue weighted by Crippen LogP contribution is 2.42. The Morgan fingerprint density at radius 3 is 2.18 bits per heavy atom. The number of para-hydroxylation sites is 2. The molecule has 2 heterocycles. The average Bonchev–Trinajstić information content (AvgIpc) is 3.35. The molecule has 0 aliphatic carbocycles. The monoisotopic (exact) mass is 358 g/mol. The molecule has 132 valence electrons. The molecule has 6 aromatic rings. The normalized spacial score (nSPS) is 11.6. The van der Waals surface area contributed by atoms with Gasteiger partial charge >= 0.3 is 0 Å². The second-order valence-corrected chi connectivity index (χ2v) is 7.14. The fourth-order valence-corrected chi connectivity index (χ4v) is 4.40. The van der Waals surface area contributed by atoms with Crippen molar-refractivity contribution >= 4 is 32.7 Å². The minimum Gasteiger partial charge on any atom is -0.361 e. The zero-order valence-corrected chi connectivity index (χ0v) is 15.3. The second-order valence-electron chi connectivity index (χ2n) is 7.14. The van der Waals surface area contributed by atoms with E-state index in [1.807, 2.05) is 6.20 Å². The SMILES string of the molecule is c1ccc(-c2c3[nH]ccc3cc3c2c2ccccc2n3-c2ccccc2)cc1. The molecule has 6 rings (SSSR count). The van der Waals surface area contributed by atoms with E-state index in [0.717, 1.165) is 0 Å². The lowest BCUT2D eigenvalue weighted by atomic mass is 9.97. The van der Waals surface area contributed by atoms with Gasteiger partial charge in [0.05, 0.1) is 16.6 Å². The van der Waals surface area contributed by atoms with Gasteiger partial charge in [-0.25, -0.2) is 0 Å². The maximum atomic E-state index is 3.48. The van der Waals surface area contributed by atoms with Gasteiger partial charge in [-0.3, -0.25) is 0 Å². The van der Waals surface area contributed by atoms with Crippen molar-refractivity contribution in [2.45, 2.75) is 0 Å². The molecular weight excluding hydrogens is 340 g/mol. The molecule has 0 aliphatic rings. The average molecular weight is 358 g/mol. The zero-order valence-electron chi connectivity index (χ0n) is 15.3. The zero-order chi connectivity index (χ0) is 18.5. The summed E-state index contributed by atoms with van der Waals surface area (Å²) in [5.41, 5.74) is 7.34. The van der Waals surface area contributed by atoms with Crippen LogP contribution in [-0.4, -0.2) is 9.55 Å². The molecule has 0 saturated carbocycles. The third kappa shape index (κ3) is 2.09. The fraction of sp³-hybridized carbons (Fsp3) is 0. The number of aromatic amines is 1. The molecule has 0 aliphatic heterocycles. The first kappa shape index (κ1) is 15.3. The van der Waals surface area contributed by atoms with Crippen LogP contribution in [0.15, 0.2) is 103 Å². The summed E-state index contributed by atoms with van der Waals surface area (Å²) >= 11 is 0. The summed E-state index contributed by atoms with van der Waals surface area (Å²) in [5, 5.41) is 3.80. The van der Waals surface area contributed by atoms with Crippen LogP contribution in [0.2, 0.25) is 0 Å². The third-order valence-corrected chi connectivity index (χ3v) is 5.56. The summed E-state index contributed by atoms with van der Waals surface area (Å²) < 4.78 is 2.38. The molecule has 2 nitrogen and oxygen atoms in total. The molecule has 28 heavy (non-hydrogen) atoms. The maximum absolute atomic E-state index is 3.48. The summed E-state index contributed by atoms with van der Waals surface area (Å²) in [5.74, 6) is 0. The van der Waals surface area contributed by atoms with E-state index in [9.17, 15) is 0 Å². The smallest absolute Gasteiger partial charge is 0.0554 e. The number of H-pyrrole nitrogens is 1. The molecule has 1 N–H and O–H groups in total. The van der Waals surface area contributed by atoms with Crippen molar-refractivity contribution in [3.63, 3.8) is 0 Å². The van der Waals surface area contributed by atoms with E-state index in [4.69, 9.17) is 0 Å². The van der Waals surface area contributed by atoms with E-state index in [1.54, 1.807) is 0 Å². The highest BCUT2D eigenvalue weighted by Gasteiger charge is 2.19. The van der Waals surface area contributed by atoms with Crippen molar-refractivity contribution in [3.05, 3.63) is 103 Å². The van der Waals surface area contributed by atoms with Gasteiger partial charge in [-0.15, -0.1) is 0 Å². The molecule has 0 spiro atoms. The lowest BCUT2D eigenvalue weighted by molar-refractivity contribution is 1.18. The second kappa shape index (κ2) is 5.86. The van der Waals surface area contributed by atoms with Gasteiger partial charge in [0.25, 0.3) is 0 Å². The Labute approximate surface area is 162 Å². The number of nitrogens with zero attached hydrogens (tertiary/aromatic N) is 1. The van der Waals surface area contributed by atoms with Crippen molar-refractivity contribution in [1.29, 1.82) is 0 Å². The number of nitrogens with one attached hydrogen (secondary N) is 1. The van der Waals surface area contributed by atoms with Crippen molar-refractivity contribution in [1.82, 2.24) is 9.55 Å². The molecule has 2 aromatic heterocycles. The summed E-state index contributed by atoms with van der Waals surface area (Å²) in [4.78, 5) is 3.48. The molecule has 0 bridgehead atoms. The van der Waals surface area contributed by atoms with E-state index in [1.165, 1.54) is 49.5 Å². The van der Waals surface area contributed by atoms with Crippen LogP contribution in [0.1, 0.15) is 0 Å². The first-order valence-electron chi connectivity index (χ1n) is 9.56. The number of hydrogen-bond donors (Lipinski definition) is 1. The van der Waals surface area contributed by atoms with E-state index < -0.39 is 0 Å². The van der Waals surface area contributed by atoms with Crippen LogP contribution in [-0.2, 0) is 0 Å². The highest BCUT2D eigenvalue weighted by molar-refractivity contribution is 6.22. The van der Waals surface area contributed by atoms with Crippen molar-refractivity contribution in [3.8, 4) is 16.8 Å². The quantitative estimate of drug-likeness (QED) is 0.346. The molecule has 0 radical (unpaired) electrons. The molecule has 0 unspecified atom stereocenters. The highest BCUT2D eigenvalue weighted by atomic mass is 15.0. The van der Waals surface area contributed by atoms with E-state index in [0.29, 0.717) is 0 Å². The third-order valence-electron chi connectivity index (χ3n) is 5.56. The van der Waals surface area contributed by atoms with Crippen molar-refractivity contribution in [2.75, 3.05) is 0 Å². The summed E-state index contributed by atoms with van der Waals surface area (Å²) in [6.07, 6.45) is 2.03. The number of benzene rings is 4. The standard InChI is InChI=1S/C26H18N2/c1-3-9-18(10-4-1)24-25-21-13-7-8-14-22(21)28(20-11-5-2-6-12-20)23(25)17-19-15-16-27-26(19)24/h1-17,27H. The summed E-state index contributed by atoms with van der Waals surface area (Å²) in [7, 11) is 0. The van der Waals surface area contributed by atoms with Gasteiger partial charge < -0.3 is 9.55 Å². The summed E-state index contributed by atoms with van der Waals surface area (Å²) in [6.45, 7) is 0. The minimum atomic E-state index is 1.18. The Bertz CT molecular complexity index is 1440. The van der Waals surface area contributed by atoms with E-state index in [2.05, 4.69) is 107 Å². The Morgan fingerprint density at radius 2 is 1.36 bits per heavy atom. The topological polar surface area (TPSA) is 20.7 Å². The fourth-order valence-electron chi connectivity index (χ4n) is 4.40. The number of rotatable bonds is 2. The van der Waals surface area contributed by atoms with E-state index >= 15 is 0 Å². The first-order valence-corrected chi connectivity index (χ1v) is 9.56. The van der Waals surface area contributed by atoms with E-state index in [-0.39, 0.29) is 0 Å². The number of fused-ring (bicyclic) bond motifs is 4.